The minimum atomic E-state index is -4.64. The third-order valence-electron chi connectivity index (χ3n) is 2.38. The second kappa shape index (κ2) is 5.89. The van der Waals surface area contributed by atoms with E-state index in [1.165, 1.54) is 0 Å². The number of carboxylic acid groups (broad SMARTS) is 1. The summed E-state index contributed by atoms with van der Waals surface area (Å²) < 4.78 is 37.4. The van der Waals surface area contributed by atoms with Gasteiger partial charge in [-0.2, -0.15) is 13.2 Å². The summed E-state index contributed by atoms with van der Waals surface area (Å²) in [5, 5.41) is 29.0. The normalized spacial score (nSPS) is 11.7. The molecule has 0 amide bonds. The molecule has 0 fully saturated rings. The Balaban J connectivity index is 3.15. The fourth-order valence-corrected chi connectivity index (χ4v) is 1.39. The SMILES string of the molecule is O=C(O)c1cc(C(F)(F)F)ccc1NC(CO)CO. The van der Waals surface area contributed by atoms with Crippen molar-refractivity contribution in [3.05, 3.63) is 29.3 Å². The van der Waals surface area contributed by atoms with E-state index in [0.717, 1.165) is 12.1 Å². The Morgan fingerprint density at radius 2 is 1.84 bits per heavy atom. The van der Waals surface area contributed by atoms with E-state index in [2.05, 4.69) is 5.32 Å². The molecule has 0 heterocycles. The highest BCUT2D eigenvalue weighted by Crippen LogP contribution is 2.32. The number of carboxylic acids is 1. The summed E-state index contributed by atoms with van der Waals surface area (Å²) in [6, 6.07) is 1.32. The summed E-state index contributed by atoms with van der Waals surface area (Å²) in [5.41, 5.74) is -1.77. The molecule has 0 atom stereocenters. The van der Waals surface area contributed by atoms with Crippen molar-refractivity contribution in [3.8, 4) is 0 Å². The number of carbonyl (C=O) groups is 1. The van der Waals surface area contributed by atoms with E-state index in [0.29, 0.717) is 6.07 Å². The van der Waals surface area contributed by atoms with E-state index in [1.54, 1.807) is 0 Å². The van der Waals surface area contributed by atoms with Gasteiger partial charge in [0.1, 0.15) is 0 Å². The topological polar surface area (TPSA) is 89.8 Å². The third-order valence-corrected chi connectivity index (χ3v) is 2.38. The molecule has 8 heteroatoms. The van der Waals surface area contributed by atoms with Gasteiger partial charge in [0.05, 0.1) is 30.4 Å². The van der Waals surface area contributed by atoms with Gasteiger partial charge in [-0.15, -0.1) is 0 Å². The van der Waals surface area contributed by atoms with Crippen LogP contribution in [0.5, 0.6) is 0 Å². The number of benzene rings is 1. The summed E-state index contributed by atoms with van der Waals surface area (Å²) in [6.45, 7) is -0.979. The Morgan fingerprint density at radius 3 is 2.26 bits per heavy atom. The lowest BCUT2D eigenvalue weighted by Gasteiger charge is -2.17. The maximum Gasteiger partial charge on any atom is 0.416 e. The maximum atomic E-state index is 12.5. The largest absolute Gasteiger partial charge is 0.478 e. The molecule has 0 aliphatic rings. The number of aliphatic hydroxyl groups excluding tert-OH is 2. The lowest BCUT2D eigenvalue weighted by atomic mass is 10.1. The molecule has 1 rings (SSSR count). The summed E-state index contributed by atoms with van der Waals surface area (Å²) >= 11 is 0. The summed E-state index contributed by atoms with van der Waals surface area (Å²) in [6.07, 6.45) is -4.64. The molecule has 0 unspecified atom stereocenters. The lowest BCUT2D eigenvalue weighted by Crippen LogP contribution is -2.28. The molecule has 1 aromatic rings. The summed E-state index contributed by atoms with van der Waals surface area (Å²) in [7, 11) is 0. The van der Waals surface area contributed by atoms with Crippen molar-refractivity contribution in [3.63, 3.8) is 0 Å². The van der Waals surface area contributed by atoms with Gasteiger partial charge in [0.15, 0.2) is 0 Å². The van der Waals surface area contributed by atoms with Gasteiger partial charge in [0.2, 0.25) is 0 Å². The first-order valence-corrected chi connectivity index (χ1v) is 5.22. The second-order valence-electron chi connectivity index (χ2n) is 3.77. The Kier molecular flexibility index (Phi) is 4.73. The number of rotatable bonds is 5. The first-order chi connectivity index (χ1) is 8.79. The molecule has 0 spiro atoms. The van der Waals surface area contributed by atoms with Crippen molar-refractivity contribution >= 4 is 11.7 Å². The van der Waals surface area contributed by atoms with Crippen LogP contribution in [0.3, 0.4) is 0 Å². The van der Waals surface area contributed by atoms with Gasteiger partial charge in [0, 0.05) is 5.69 Å². The smallest absolute Gasteiger partial charge is 0.416 e. The number of hydrogen-bond acceptors (Lipinski definition) is 4. The number of aliphatic hydroxyl groups is 2. The van der Waals surface area contributed by atoms with E-state index in [9.17, 15) is 18.0 Å². The highest BCUT2D eigenvalue weighted by molar-refractivity contribution is 5.94. The highest BCUT2D eigenvalue weighted by Gasteiger charge is 2.32. The van der Waals surface area contributed by atoms with Gasteiger partial charge in [0.25, 0.3) is 0 Å². The highest BCUT2D eigenvalue weighted by atomic mass is 19.4. The average molecular weight is 279 g/mol. The Labute approximate surface area is 106 Å². The van der Waals surface area contributed by atoms with Crippen LogP contribution in [-0.4, -0.2) is 40.5 Å². The molecule has 0 radical (unpaired) electrons. The molecule has 0 aliphatic carbocycles. The number of alkyl halides is 3. The van der Waals surface area contributed by atoms with Crippen LogP contribution in [-0.2, 0) is 6.18 Å². The van der Waals surface area contributed by atoms with E-state index < -0.39 is 42.5 Å². The molecule has 5 nitrogen and oxygen atoms in total. The quantitative estimate of drug-likeness (QED) is 0.649. The van der Waals surface area contributed by atoms with Gasteiger partial charge in [-0.1, -0.05) is 0 Å². The van der Waals surface area contributed by atoms with Crippen molar-refractivity contribution in [2.45, 2.75) is 12.2 Å². The van der Waals surface area contributed by atoms with Crippen LogP contribution in [0.1, 0.15) is 15.9 Å². The van der Waals surface area contributed by atoms with Gasteiger partial charge >= 0.3 is 12.1 Å². The van der Waals surface area contributed by atoms with Crippen LogP contribution < -0.4 is 5.32 Å². The van der Waals surface area contributed by atoms with Crippen LogP contribution in [0.2, 0.25) is 0 Å². The third kappa shape index (κ3) is 3.83. The van der Waals surface area contributed by atoms with Crippen molar-refractivity contribution in [2.75, 3.05) is 18.5 Å². The van der Waals surface area contributed by atoms with Gasteiger partial charge in [-0.3, -0.25) is 0 Å². The second-order valence-corrected chi connectivity index (χ2v) is 3.77. The van der Waals surface area contributed by atoms with Gasteiger partial charge < -0.3 is 20.6 Å². The molecular formula is C11H12F3NO4. The molecule has 0 aromatic heterocycles. The van der Waals surface area contributed by atoms with Crippen LogP contribution in [0.4, 0.5) is 18.9 Å². The van der Waals surface area contributed by atoms with Crippen LogP contribution in [0.15, 0.2) is 18.2 Å². The zero-order valence-electron chi connectivity index (χ0n) is 9.61. The molecule has 1 aromatic carbocycles. The summed E-state index contributed by atoms with van der Waals surface area (Å²) in [4.78, 5) is 10.9. The van der Waals surface area contributed by atoms with Crippen molar-refractivity contribution in [1.29, 1.82) is 0 Å². The van der Waals surface area contributed by atoms with Crippen molar-refractivity contribution in [1.82, 2.24) is 0 Å². The minimum Gasteiger partial charge on any atom is -0.478 e. The number of halogens is 3. The number of aromatic carboxylic acids is 1. The Hall–Kier alpha value is -1.80. The fraction of sp³-hybridized carbons (Fsp3) is 0.364. The average Bonchev–Trinajstić information content (AvgIpc) is 2.34. The van der Waals surface area contributed by atoms with Crippen molar-refractivity contribution < 1.29 is 33.3 Å². The Bertz CT molecular complexity index is 458. The first kappa shape index (κ1) is 15.3. The number of hydrogen-bond donors (Lipinski definition) is 4. The molecule has 0 aliphatic heterocycles. The standard InChI is InChI=1S/C11H12F3NO4/c12-11(13,14)6-1-2-9(8(3-6)10(18)19)15-7(4-16)5-17/h1-3,7,15-17H,4-5H2,(H,18,19). The molecule has 4 N–H and O–H groups in total. The minimum absolute atomic E-state index is 0.103. The first-order valence-electron chi connectivity index (χ1n) is 5.22. The Morgan fingerprint density at radius 1 is 1.26 bits per heavy atom. The zero-order valence-corrected chi connectivity index (χ0v) is 9.61. The maximum absolute atomic E-state index is 12.5. The van der Waals surface area contributed by atoms with E-state index in [4.69, 9.17) is 15.3 Å². The lowest BCUT2D eigenvalue weighted by molar-refractivity contribution is -0.137. The molecule has 0 saturated carbocycles. The zero-order chi connectivity index (χ0) is 14.6. The van der Waals surface area contributed by atoms with E-state index in [1.807, 2.05) is 0 Å². The molecule has 0 saturated heterocycles. The van der Waals surface area contributed by atoms with Gasteiger partial charge in [-0.25, -0.2) is 4.79 Å². The van der Waals surface area contributed by atoms with Crippen LogP contribution in [0.25, 0.3) is 0 Å². The van der Waals surface area contributed by atoms with Crippen molar-refractivity contribution in [2.24, 2.45) is 0 Å². The van der Waals surface area contributed by atoms with Crippen LogP contribution in [0, 0.1) is 0 Å². The molecular weight excluding hydrogens is 267 g/mol. The molecule has 0 bridgehead atoms. The van der Waals surface area contributed by atoms with Crippen LogP contribution >= 0.6 is 0 Å². The number of nitrogens with one attached hydrogen (secondary N) is 1. The monoisotopic (exact) mass is 279 g/mol. The molecule has 106 valence electrons. The van der Waals surface area contributed by atoms with Gasteiger partial charge in [-0.05, 0) is 18.2 Å². The van der Waals surface area contributed by atoms with E-state index in [-0.39, 0.29) is 5.69 Å². The summed E-state index contributed by atoms with van der Waals surface area (Å²) in [5.74, 6) is -1.54. The predicted octanol–water partition coefficient (Wildman–Crippen LogP) is 1.17. The number of anilines is 1. The molecule has 19 heavy (non-hydrogen) atoms. The fourth-order valence-electron chi connectivity index (χ4n) is 1.39. The van der Waals surface area contributed by atoms with E-state index >= 15 is 0 Å². The predicted molar refractivity (Wildman–Crippen MR) is 60.0 cm³/mol.